The van der Waals surface area contributed by atoms with Crippen LogP contribution in [-0.2, 0) is 11.2 Å². The van der Waals surface area contributed by atoms with Crippen LogP contribution in [0.3, 0.4) is 0 Å². The molecule has 2 N–H and O–H groups in total. The van der Waals surface area contributed by atoms with E-state index in [4.69, 9.17) is 10.5 Å². The fourth-order valence-corrected chi connectivity index (χ4v) is 1.76. The third-order valence-electron chi connectivity index (χ3n) is 2.37. The zero-order valence-electron chi connectivity index (χ0n) is 9.86. The Morgan fingerprint density at radius 3 is 2.33 bits per heavy atom. The van der Waals surface area contributed by atoms with Gasteiger partial charge < -0.3 is 10.5 Å². The van der Waals surface area contributed by atoms with Crippen molar-refractivity contribution in [2.45, 2.75) is 38.9 Å². The van der Waals surface area contributed by atoms with E-state index in [1.54, 1.807) is 0 Å². The SMILES string of the molecule is CC(C)OC(C)(CN)Cc1ccccc1. The fourth-order valence-electron chi connectivity index (χ4n) is 1.76. The van der Waals surface area contributed by atoms with E-state index < -0.39 is 0 Å². The molecule has 0 radical (unpaired) electrons. The molecule has 0 aliphatic carbocycles. The monoisotopic (exact) mass is 207 g/mol. The molecule has 0 bridgehead atoms. The molecule has 2 nitrogen and oxygen atoms in total. The van der Waals surface area contributed by atoms with Crippen molar-refractivity contribution in [3.8, 4) is 0 Å². The summed E-state index contributed by atoms with van der Waals surface area (Å²) < 4.78 is 5.87. The van der Waals surface area contributed by atoms with Gasteiger partial charge in [0.15, 0.2) is 0 Å². The molecule has 0 aromatic heterocycles. The predicted octanol–water partition coefficient (Wildman–Crippen LogP) is 2.37. The smallest absolute Gasteiger partial charge is 0.0819 e. The second kappa shape index (κ2) is 5.29. The quantitative estimate of drug-likeness (QED) is 0.804. The van der Waals surface area contributed by atoms with Gasteiger partial charge >= 0.3 is 0 Å². The van der Waals surface area contributed by atoms with E-state index in [-0.39, 0.29) is 11.7 Å². The number of hydrogen-bond donors (Lipinski definition) is 1. The van der Waals surface area contributed by atoms with Gasteiger partial charge in [-0.3, -0.25) is 0 Å². The summed E-state index contributed by atoms with van der Waals surface area (Å²) in [5.41, 5.74) is 6.79. The van der Waals surface area contributed by atoms with Crippen molar-refractivity contribution < 1.29 is 4.74 Å². The van der Waals surface area contributed by atoms with Gasteiger partial charge in [-0.15, -0.1) is 0 Å². The molecule has 0 fully saturated rings. The van der Waals surface area contributed by atoms with Crippen molar-refractivity contribution in [3.63, 3.8) is 0 Å². The van der Waals surface area contributed by atoms with Gasteiger partial charge in [-0.25, -0.2) is 0 Å². The van der Waals surface area contributed by atoms with Gasteiger partial charge in [-0.2, -0.15) is 0 Å². The van der Waals surface area contributed by atoms with Crippen LogP contribution in [0.1, 0.15) is 26.3 Å². The topological polar surface area (TPSA) is 35.2 Å². The number of rotatable bonds is 5. The van der Waals surface area contributed by atoms with E-state index in [9.17, 15) is 0 Å². The minimum absolute atomic E-state index is 0.210. The van der Waals surface area contributed by atoms with Gasteiger partial charge in [0.05, 0.1) is 11.7 Å². The Hall–Kier alpha value is -0.860. The highest BCUT2D eigenvalue weighted by Gasteiger charge is 2.24. The highest BCUT2D eigenvalue weighted by Crippen LogP contribution is 2.18. The Labute approximate surface area is 92.4 Å². The molecular weight excluding hydrogens is 186 g/mol. The van der Waals surface area contributed by atoms with E-state index in [1.807, 2.05) is 32.0 Å². The van der Waals surface area contributed by atoms with Gasteiger partial charge in [0, 0.05) is 13.0 Å². The minimum Gasteiger partial charge on any atom is -0.371 e. The van der Waals surface area contributed by atoms with Crippen molar-refractivity contribution in [2.24, 2.45) is 5.73 Å². The molecule has 15 heavy (non-hydrogen) atoms. The van der Waals surface area contributed by atoms with E-state index in [1.165, 1.54) is 5.56 Å². The van der Waals surface area contributed by atoms with Crippen LogP contribution >= 0.6 is 0 Å². The molecule has 0 amide bonds. The predicted molar refractivity (Wildman–Crippen MR) is 63.8 cm³/mol. The van der Waals surface area contributed by atoms with Gasteiger partial charge in [0.1, 0.15) is 0 Å². The molecule has 0 saturated carbocycles. The molecule has 1 rings (SSSR count). The molecule has 0 heterocycles. The molecule has 1 atom stereocenters. The van der Waals surface area contributed by atoms with E-state index in [0.29, 0.717) is 6.54 Å². The average molecular weight is 207 g/mol. The standard InChI is InChI=1S/C13H21NO/c1-11(2)15-13(3,10-14)9-12-7-5-4-6-8-12/h4-8,11H,9-10,14H2,1-3H3. The summed E-state index contributed by atoms with van der Waals surface area (Å²) in [6.45, 7) is 6.69. The lowest BCUT2D eigenvalue weighted by atomic mass is 9.96. The van der Waals surface area contributed by atoms with Crippen molar-refractivity contribution in [1.29, 1.82) is 0 Å². The molecule has 1 aromatic rings. The summed E-state index contributed by atoms with van der Waals surface area (Å²) in [4.78, 5) is 0. The molecule has 1 aromatic carbocycles. The minimum atomic E-state index is -0.254. The first-order chi connectivity index (χ1) is 7.06. The Morgan fingerprint density at radius 2 is 1.87 bits per heavy atom. The molecule has 0 saturated heterocycles. The molecule has 84 valence electrons. The zero-order chi connectivity index (χ0) is 11.3. The molecule has 0 spiro atoms. The Kier molecular flexibility index (Phi) is 4.30. The lowest BCUT2D eigenvalue weighted by molar-refractivity contribution is -0.0611. The number of hydrogen-bond acceptors (Lipinski definition) is 2. The summed E-state index contributed by atoms with van der Waals surface area (Å²) in [5, 5.41) is 0. The second-order valence-electron chi connectivity index (χ2n) is 4.48. The van der Waals surface area contributed by atoms with Crippen molar-refractivity contribution in [1.82, 2.24) is 0 Å². The highest BCUT2D eigenvalue weighted by atomic mass is 16.5. The summed E-state index contributed by atoms with van der Waals surface area (Å²) >= 11 is 0. The zero-order valence-corrected chi connectivity index (χ0v) is 9.86. The van der Waals surface area contributed by atoms with E-state index in [0.717, 1.165) is 6.42 Å². The van der Waals surface area contributed by atoms with Crippen LogP contribution in [-0.4, -0.2) is 18.2 Å². The van der Waals surface area contributed by atoms with Gasteiger partial charge in [0.25, 0.3) is 0 Å². The first kappa shape index (κ1) is 12.2. The molecule has 0 aliphatic rings. The van der Waals surface area contributed by atoms with Crippen LogP contribution in [0.15, 0.2) is 30.3 Å². The van der Waals surface area contributed by atoms with Crippen LogP contribution in [0.25, 0.3) is 0 Å². The van der Waals surface area contributed by atoms with E-state index in [2.05, 4.69) is 19.1 Å². The summed E-state index contributed by atoms with van der Waals surface area (Å²) in [5.74, 6) is 0. The first-order valence-corrected chi connectivity index (χ1v) is 5.47. The third-order valence-corrected chi connectivity index (χ3v) is 2.37. The molecule has 2 heteroatoms. The first-order valence-electron chi connectivity index (χ1n) is 5.47. The molecular formula is C13H21NO. The van der Waals surface area contributed by atoms with Gasteiger partial charge in [-0.05, 0) is 26.3 Å². The van der Waals surface area contributed by atoms with Crippen molar-refractivity contribution in [2.75, 3.05) is 6.54 Å². The normalized spacial score (nSPS) is 15.3. The number of ether oxygens (including phenoxy) is 1. The maximum Gasteiger partial charge on any atom is 0.0819 e. The Morgan fingerprint density at radius 1 is 1.27 bits per heavy atom. The van der Waals surface area contributed by atoms with Crippen molar-refractivity contribution >= 4 is 0 Å². The van der Waals surface area contributed by atoms with Crippen LogP contribution in [0, 0.1) is 0 Å². The van der Waals surface area contributed by atoms with Gasteiger partial charge in [0.2, 0.25) is 0 Å². The summed E-state index contributed by atoms with van der Waals surface area (Å²) in [6, 6.07) is 10.3. The number of nitrogens with two attached hydrogens (primary N) is 1. The Bertz CT molecular complexity index is 284. The summed E-state index contributed by atoms with van der Waals surface area (Å²) in [6.07, 6.45) is 1.07. The number of benzene rings is 1. The maximum atomic E-state index is 5.87. The third kappa shape index (κ3) is 4.02. The van der Waals surface area contributed by atoms with Crippen LogP contribution in [0.2, 0.25) is 0 Å². The second-order valence-corrected chi connectivity index (χ2v) is 4.48. The van der Waals surface area contributed by atoms with Crippen LogP contribution < -0.4 is 5.73 Å². The molecule has 1 unspecified atom stereocenters. The lowest BCUT2D eigenvalue weighted by Gasteiger charge is -2.30. The maximum absolute atomic E-state index is 5.87. The van der Waals surface area contributed by atoms with Crippen LogP contribution in [0.4, 0.5) is 0 Å². The highest BCUT2D eigenvalue weighted by molar-refractivity contribution is 5.17. The average Bonchev–Trinajstić information content (AvgIpc) is 2.18. The fraction of sp³-hybridized carbons (Fsp3) is 0.538. The van der Waals surface area contributed by atoms with Crippen LogP contribution in [0.5, 0.6) is 0 Å². The largest absolute Gasteiger partial charge is 0.371 e. The Balaban J connectivity index is 2.68. The summed E-state index contributed by atoms with van der Waals surface area (Å²) in [7, 11) is 0. The molecule has 0 aliphatic heterocycles. The lowest BCUT2D eigenvalue weighted by Crippen LogP contribution is -2.41. The van der Waals surface area contributed by atoms with Gasteiger partial charge in [-0.1, -0.05) is 30.3 Å². The van der Waals surface area contributed by atoms with Crippen molar-refractivity contribution in [3.05, 3.63) is 35.9 Å². The van der Waals surface area contributed by atoms with E-state index >= 15 is 0 Å².